The summed E-state index contributed by atoms with van der Waals surface area (Å²) in [7, 11) is 0. The van der Waals surface area contributed by atoms with Crippen molar-refractivity contribution >= 4 is 29.8 Å². The maximum absolute atomic E-state index is 14.2. The van der Waals surface area contributed by atoms with Crippen LogP contribution in [0.2, 0.25) is 0 Å². The van der Waals surface area contributed by atoms with Crippen LogP contribution < -0.4 is 16.4 Å². The Morgan fingerprint density at radius 1 is 1.12 bits per heavy atom. The standard InChI is InChI=1S/C29H44N4O7/c1-8-39-24(35)13-14-31-26(36)25(20-15-17(2)9-10-18(20)3)33(22-16-19(22)4)27(37)21(11-12-23(30)34)32-28(38)40-29(5,6)7/h9-10,15,19,21-22,25H,8,11-14,16H2,1-7H3,(H2,30,34)(H,31,36)(H,32,38). The van der Waals surface area contributed by atoms with Gasteiger partial charge in [0.2, 0.25) is 17.7 Å². The molecule has 4 amide bonds. The first-order valence-electron chi connectivity index (χ1n) is 13.7. The molecule has 4 N–H and O–H groups in total. The lowest BCUT2D eigenvalue weighted by Gasteiger charge is -2.35. The second-order valence-corrected chi connectivity index (χ2v) is 11.3. The van der Waals surface area contributed by atoms with Crippen LogP contribution in [0.1, 0.15) is 83.0 Å². The minimum absolute atomic E-state index is 0.0195. The number of hydrogen-bond donors (Lipinski definition) is 3. The molecule has 0 bridgehead atoms. The number of rotatable bonds is 13. The normalized spacial score (nSPS) is 17.7. The highest BCUT2D eigenvalue weighted by Gasteiger charge is 2.48. The molecule has 1 fully saturated rings. The Kier molecular flexibility index (Phi) is 11.5. The van der Waals surface area contributed by atoms with Crippen molar-refractivity contribution in [3.63, 3.8) is 0 Å². The second kappa shape index (κ2) is 14.1. The molecule has 4 atom stereocenters. The Morgan fingerprint density at radius 2 is 1.77 bits per heavy atom. The third-order valence-electron chi connectivity index (χ3n) is 6.54. The van der Waals surface area contributed by atoms with Crippen LogP contribution in [0, 0.1) is 19.8 Å². The van der Waals surface area contributed by atoms with Crippen molar-refractivity contribution in [3.8, 4) is 0 Å². The van der Waals surface area contributed by atoms with Gasteiger partial charge in [-0.1, -0.05) is 30.7 Å². The average molecular weight is 561 g/mol. The predicted molar refractivity (Wildman–Crippen MR) is 149 cm³/mol. The van der Waals surface area contributed by atoms with Gasteiger partial charge in [-0.2, -0.15) is 0 Å². The predicted octanol–water partition coefficient (Wildman–Crippen LogP) is 2.81. The first-order valence-corrected chi connectivity index (χ1v) is 13.7. The van der Waals surface area contributed by atoms with E-state index in [9.17, 15) is 24.0 Å². The Hall–Kier alpha value is -3.63. The van der Waals surface area contributed by atoms with Crippen LogP contribution in [-0.2, 0) is 28.7 Å². The summed E-state index contributed by atoms with van der Waals surface area (Å²) in [5.41, 5.74) is 6.89. The fraction of sp³-hybridized carbons (Fsp3) is 0.621. The topological polar surface area (TPSA) is 157 Å². The van der Waals surface area contributed by atoms with Gasteiger partial charge in [0, 0.05) is 19.0 Å². The van der Waals surface area contributed by atoms with E-state index < -0.39 is 47.5 Å². The third-order valence-corrected chi connectivity index (χ3v) is 6.54. The zero-order valence-electron chi connectivity index (χ0n) is 24.7. The molecular weight excluding hydrogens is 516 g/mol. The number of benzene rings is 1. The maximum Gasteiger partial charge on any atom is 0.408 e. The molecule has 0 spiro atoms. The van der Waals surface area contributed by atoms with Gasteiger partial charge in [0.25, 0.3) is 0 Å². The number of carbonyl (C=O) groups excluding carboxylic acids is 5. The summed E-state index contributed by atoms with van der Waals surface area (Å²) in [4.78, 5) is 65.7. The average Bonchev–Trinajstić information content (AvgIpc) is 3.55. The van der Waals surface area contributed by atoms with E-state index in [-0.39, 0.29) is 44.4 Å². The van der Waals surface area contributed by atoms with Gasteiger partial charge in [0.05, 0.1) is 13.0 Å². The monoisotopic (exact) mass is 560 g/mol. The number of hydrogen-bond acceptors (Lipinski definition) is 7. The molecule has 1 aromatic rings. The summed E-state index contributed by atoms with van der Waals surface area (Å²) in [6.07, 6.45) is -0.386. The summed E-state index contributed by atoms with van der Waals surface area (Å²) in [5.74, 6) is -1.94. The molecule has 40 heavy (non-hydrogen) atoms. The number of esters is 1. The zero-order valence-corrected chi connectivity index (χ0v) is 24.7. The molecule has 11 nitrogen and oxygen atoms in total. The summed E-state index contributed by atoms with van der Waals surface area (Å²) in [5, 5.41) is 5.39. The van der Waals surface area contributed by atoms with E-state index in [4.69, 9.17) is 15.2 Å². The van der Waals surface area contributed by atoms with Crippen molar-refractivity contribution in [3.05, 3.63) is 34.9 Å². The zero-order chi connectivity index (χ0) is 30.2. The van der Waals surface area contributed by atoms with Gasteiger partial charge in [0.1, 0.15) is 17.7 Å². The number of carbonyl (C=O) groups is 5. The third kappa shape index (κ3) is 9.84. The molecule has 0 saturated heterocycles. The molecule has 4 unspecified atom stereocenters. The summed E-state index contributed by atoms with van der Waals surface area (Å²) in [6, 6.07) is 3.19. The maximum atomic E-state index is 14.2. The first-order chi connectivity index (χ1) is 18.6. The van der Waals surface area contributed by atoms with E-state index in [0.29, 0.717) is 12.0 Å². The molecule has 222 valence electrons. The van der Waals surface area contributed by atoms with E-state index in [2.05, 4.69) is 10.6 Å². The number of nitrogens with two attached hydrogens (primary N) is 1. The number of amides is 4. The van der Waals surface area contributed by atoms with Crippen molar-refractivity contribution in [1.82, 2.24) is 15.5 Å². The fourth-order valence-electron chi connectivity index (χ4n) is 4.44. The van der Waals surface area contributed by atoms with Gasteiger partial charge in [-0.05, 0) is 71.4 Å². The van der Waals surface area contributed by atoms with Crippen molar-refractivity contribution in [2.75, 3.05) is 13.2 Å². The van der Waals surface area contributed by atoms with Crippen LogP contribution in [0.4, 0.5) is 4.79 Å². The molecule has 0 aliphatic heterocycles. The molecular formula is C29H44N4O7. The lowest BCUT2D eigenvalue weighted by atomic mass is 9.95. The summed E-state index contributed by atoms with van der Waals surface area (Å²) >= 11 is 0. The van der Waals surface area contributed by atoms with Gasteiger partial charge in [-0.15, -0.1) is 0 Å². The molecule has 1 aliphatic rings. The second-order valence-electron chi connectivity index (χ2n) is 11.3. The molecule has 11 heteroatoms. The largest absolute Gasteiger partial charge is 0.466 e. The number of aryl methyl sites for hydroxylation is 2. The minimum Gasteiger partial charge on any atom is -0.466 e. The lowest BCUT2D eigenvalue weighted by molar-refractivity contribution is -0.145. The molecule has 2 rings (SSSR count). The van der Waals surface area contributed by atoms with Crippen LogP contribution in [0.25, 0.3) is 0 Å². The summed E-state index contributed by atoms with van der Waals surface area (Å²) < 4.78 is 10.3. The van der Waals surface area contributed by atoms with E-state index in [1.807, 2.05) is 39.0 Å². The minimum atomic E-state index is -1.16. The lowest BCUT2D eigenvalue weighted by Crippen LogP contribution is -2.54. The number of primary amides is 1. The van der Waals surface area contributed by atoms with Crippen molar-refractivity contribution < 1.29 is 33.4 Å². The number of ether oxygens (including phenoxy) is 2. The van der Waals surface area contributed by atoms with E-state index in [1.54, 1.807) is 27.7 Å². The van der Waals surface area contributed by atoms with Crippen molar-refractivity contribution in [2.45, 2.75) is 97.9 Å². The molecule has 0 heterocycles. The number of alkyl carbamates (subject to hydrolysis) is 1. The number of nitrogens with one attached hydrogen (secondary N) is 2. The van der Waals surface area contributed by atoms with E-state index in [1.165, 1.54) is 4.90 Å². The SMILES string of the molecule is CCOC(=O)CCNC(=O)C(c1cc(C)ccc1C)N(C(=O)C(CCC(N)=O)NC(=O)OC(C)(C)C)C1CC1C. The van der Waals surface area contributed by atoms with Crippen LogP contribution in [0.5, 0.6) is 0 Å². The van der Waals surface area contributed by atoms with Crippen LogP contribution in [-0.4, -0.2) is 65.5 Å². The van der Waals surface area contributed by atoms with Gasteiger partial charge in [-0.25, -0.2) is 4.79 Å². The fourth-order valence-corrected chi connectivity index (χ4v) is 4.44. The molecule has 1 aromatic carbocycles. The Labute approximate surface area is 236 Å². The Morgan fingerprint density at radius 3 is 2.33 bits per heavy atom. The molecule has 0 radical (unpaired) electrons. The van der Waals surface area contributed by atoms with Gasteiger partial charge >= 0.3 is 12.1 Å². The first kappa shape index (κ1) is 32.6. The van der Waals surface area contributed by atoms with Crippen molar-refractivity contribution in [2.24, 2.45) is 11.7 Å². The number of nitrogens with zero attached hydrogens (tertiary/aromatic N) is 1. The highest BCUT2D eigenvalue weighted by Crippen LogP contribution is 2.41. The molecule has 1 aliphatic carbocycles. The van der Waals surface area contributed by atoms with E-state index >= 15 is 0 Å². The highest BCUT2D eigenvalue weighted by atomic mass is 16.6. The van der Waals surface area contributed by atoms with Gasteiger partial charge < -0.3 is 30.7 Å². The Bertz CT molecular complexity index is 1100. The Balaban J connectivity index is 2.49. The smallest absolute Gasteiger partial charge is 0.408 e. The summed E-state index contributed by atoms with van der Waals surface area (Å²) in [6.45, 7) is 12.8. The van der Waals surface area contributed by atoms with Crippen LogP contribution in [0.15, 0.2) is 18.2 Å². The molecule has 1 saturated carbocycles. The van der Waals surface area contributed by atoms with Gasteiger partial charge in [0.15, 0.2) is 0 Å². The molecule has 0 aromatic heterocycles. The van der Waals surface area contributed by atoms with E-state index in [0.717, 1.165) is 11.1 Å². The van der Waals surface area contributed by atoms with Crippen LogP contribution >= 0.6 is 0 Å². The quantitative estimate of drug-likeness (QED) is 0.313. The van der Waals surface area contributed by atoms with Gasteiger partial charge in [-0.3, -0.25) is 19.2 Å². The highest BCUT2D eigenvalue weighted by molar-refractivity contribution is 5.93. The van der Waals surface area contributed by atoms with Crippen molar-refractivity contribution in [1.29, 1.82) is 0 Å². The van der Waals surface area contributed by atoms with Crippen LogP contribution in [0.3, 0.4) is 0 Å².